The van der Waals surface area contributed by atoms with Crippen LogP contribution in [0, 0.1) is 5.82 Å². The lowest BCUT2D eigenvalue weighted by Crippen LogP contribution is -2.20. The van der Waals surface area contributed by atoms with Crippen molar-refractivity contribution < 1.29 is 9.13 Å². The van der Waals surface area contributed by atoms with E-state index in [-0.39, 0.29) is 11.8 Å². The van der Waals surface area contributed by atoms with E-state index in [0.717, 1.165) is 0 Å². The number of hydrogen-bond acceptors (Lipinski definition) is 6. The summed E-state index contributed by atoms with van der Waals surface area (Å²) < 4.78 is 18.7. The molecule has 7 heteroatoms. The SMILES string of the molecule is CCOc1nc(NC)nc(N(CC)c2cccc(F)c2)n1. The molecular weight excluding hydrogens is 273 g/mol. The quantitative estimate of drug-likeness (QED) is 0.882. The predicted octanol–water partition coefficient (Wildman–Crippen LogP) is 2.61. The van der Waals surface area contributed by atoms with Gasteiger partial charge in [0.25, 0.3) is 0 Å². The van der Waals surface area contributed by atoms with E-state index < -0.39 is 0 Å². The molecule has 0 unspecified atom stereocenters. The Morgan fingerprint density at radius 3 is 2.67 bits per heavy atom. The standard InChI is InChI=1S/C14H18FN5O/c1-4-20(11-8-6-7-10(15)9-11)13-17-12(16-3)18-14(19-13)21-5-2/h6-9H,4-5H2,1-3H3,(H,16,17,18,19). The molecule has 0 saturated carbocycles. The van der Waals surface area contributed by atoms with Gasteiger partial charge in [-0.05, 0) is 32.0 Å². The number of rotatable bonds is 6. The molecule has 112 valence electrons. The number of anilines is 3. The van der Waals surface area contributed by atoms with Gasteiger partial charge in [-0.15, -0.1) is 0 Å². The van der Waals surface area contributed by atoms with Gasteiger partial charge in [-0.1, -0.05) is 6.07 Å². The first-order chi connectivity index (χ1) is 10.2. The van der Waals surface area contributed by atoms with Gasteiger partial charge < -0.3 is 15.0 Å². The van der Waals surface area contributed by atoms with Crippen LogP contribution in [0.15, 0.2) is 24.3 Å². The lowest BCUT2D eigenvalue weighted by atomic mass is 10.3. The summed E-state index contributed by atoms with van der Waals surface area (Å²) in [5.74, 6) is 0.503. The summed E-state index contributed by atoms with van der Waals surface area (Å²) in [6.07, 6.45) is 0. The molecule has 0 aliphatic heterocycles. The molecule has 0 aliphatic rings. The van der Waals surface area contributed by atoms with E-state index in [2.05, 4.69) is 20.3 Å². The summed E-state index contributed by atoms with van der Waals surface area (Å²) in [5, 5.41) is 2.87. The number of halogens is 1. The molecule has 1 N–H and O–H groups in total. The minimum atomic E-state index is -0.307. The van der Waals surface area contributed by atoms with Gasteiger partial charge in [0.2, 0.25) is 11.9 Å². The third kappa shape index (κ3) is 3.56. The van der Waals surface area contributed by atoms with Crippen molar-refractivity contribution in [2.75, 3.05) is 30.4 Å². The third-order valence-corrected chi connectivity index (χ3v) is 2.78. The molecule has 0 spiro atoms. The number of hydrogen-bond donors (Lipinski definition) is 1. The average Bonchev–Trinajstić information content (AvgIpc) is 2.48. The fourth-order valence-corrected chi connectivity index (χ4v) is 1.86. The fraction of sp³-hybridized carbons (Fsp3) is 0.357. The maximum atomic E-state index is 13.4. The molecule has 1 heterocycles. The number of nitrogens with zero attached hydrogens (tertiary/aromatic N) is 4. The number of benzene rings is 1. The van der Waals surface area contributed by atoms with Crippen LogP contribution in [0.4, 0.5) is 22.0 Å². The van der Waals surface area contributed by atoms with Crippen LogP contribution in [-0.2, 0) is 0 Å². The highest BCUT2D eigenvalue weighted by atomic mass is 19.1. The Balaban J connectivity index is 2.43. The van der Waals surface area contributed by atoms with Gasteiger partial charge in [-0.2, -0.15) is 15.0 Å². The van der Waals surface area contributed by atoms with Crippen LogP contribution in [0.1, 0.15) is 13.8 Å². The van der Waals surface area contributed by atoms with Crippen LogP contribution in [0.5, 0.6) is 6.01 Å². The Morgan fingerprint density at radius 2 is 2.05 bits per heavy atom. The zero-order chi connectivity index (χ0) is 15.2. The summed E-state index contributed by atoms with van der Waals surface area (Å²) >= 11 is 0. The molecule has 0 aliphatic carbocycles. The Hall–Kier alpha value is -2.44. The van der Waals surface area contributed by atoms with Gasteiger partial charge in [-0.3, -0.25) is 0 Å². The molecule has 21 heavy (non-hydrogen) atoms. The molecule has 0 fully saturated rings. The highest BCUT2D eigenvalue weighted by molar-refractivity contribution is 5.58. The minimum absolute atomic E-state index is 0.238. The first kappa shape index (κ1) is 15.0. The molecule has 1 aromatic heterocycles. The van der Waals surface area contributed by atoms with Gasteiger partial charge in [0.15, 0.2) is 0 Å². The Morgan fingerprint density at radius 1 is 1.24 bits per heavy atom. The summed E-state index contributed by atoms with van der Waals surface area (Å²) in [7, 11) is 1.72. The second-order valence-electron chi connectivity index (χ2n) is 4.15. The second kappa shape index (κ2) is 6.83. The van der Waals surface area contributed by atoms with Crippen LogP contribution >= 0.6 is 0 Å². The van der Waals surface area contributed by atoms with Crippen LogP contribution in [0.2, 0.25) is 0 Å². The number of aromatic nitrogens is 3. The Labute approximate surface area is 123 Å². The van der Waals surface area contributed by atoms with E-state index in [0.29, 0.717) is 30.7 Å². The number of nitrogens with one attached hydrogen (secondary N) is 1. The van der Waals surface area contributed by atoms with Gasteiger partial charge in [0.1, 0.15) is 5.82 Å². The minimum Gasteiger partial charge on any atom is -0.464 e. The topological polar surface area (TPSA) is 63.2 Å². The molecule has 0 radical (unpaired) electrons. The van der Waals surface area contributed by atoms with Crippen LogP contribution in [0.3, 0.4) is 0 Å². The number of ether oxygens (including phenoxy) is 1. The van der Waals surface area contributed by atoms with Crippen molar-refractivity contribution in [2.24, 2.45) is 0 Å². The summed E-state index contributed by atoms with van der Waals surface area (Å²) in [6, 6.07) is 6.52. The van der Waals surface area contributed by atoms with Crippen LogP contribution < -0.4 is 15.0 Å². The largest absolute Gasteiger partial charge is 0.464 e. The fourth-order valence-electron chi connectivity index (χ4n) is 1.86. The lowest BCUT2D eigenvalue weighted by molar-refractivity contribution is 0.312. The van der Waals surface area contributed by atoms with E-state index in [1.807, 2.05) is 13.8 Å². The maximum Gasteiger partial charge on any atom is 0.323 e. The molecule has 0 saturated heterocycles. The average molecular weight is 291 g/mol. The van der Waals surface area contributed by atoms with E-state index >= 15 is 0 Å². The van der Waals surface area contributed by atoms with Gasteiger partial charge >= 0.3 is 6.01 Å². The lowest BCUT2D eigenvalue weighted by Gasteiger charge is -2.21. The van der Waals surface area contributed by atoms with Gasteiger partial charge in [0.05, 0.1) is 6.61 Å². The molecule has 0 amide bonds. The maximum absolute atomic E-state index is 13.4. The monoisotopic (exact) mass is 291 g/mol. The summed E-state index contributed by atoms with van der Waals surface area (Å²) in [5.41, 5.74) is 0.674. The van der Waals surface area contributed by atoms with Crippen molar-refractivity contribution in [3.8, 4) is 6.01 Å². The highest BCUT2D eigenvalue weighted by Gasteiger charge is 2.14. The molecule has 1 aromatic carbocycles. The van der Waals surface area contributed by atoms with Crippen molar-refractivity contribution in [1.82, 2.24) is 15.0 Å². The van der Waals surface area contributed by atoms with Gasteiger partial charge in [0, 0.05) is 19.3 Å². The van der Waals surface area contributed by atoms with Crippen molar-refractivity contribution in [2.45, 2.75) is 13.8 Å². The molecular formula is C14H18FN5O. The second-order valence-corrected chi connectivity index (χ2v) is 4.15. The van der Waals surface area contributed by atoms with Crippen molar-refractivity contribution >= 4 is 17.6 Å². The van der Waals surface area contributed by atoms with Crippen LogP contribution in [0.25, 0.3) is 0 Å². The normalized spacial score (nSPS) is 10.3. The highest BCUT2D eigenvalue weighted by Crippen LogP contribution is 2.24. The van der Waals surface area contributed by atoms with Crippen molar-refractivity contribution in [1.29, 1.82) is 0 Å². The predicted molar refractivity (Wildman–Crippen MR) is 79.6 cm³/mol. The van der Waals surface area contributed by atoms with Crippen molar-refractivity contribution in [3.63, 3.8) is 0 Å². The Bertz CT molecular complexity index is 608. The van der Waals surface area contributed by atoms with E-state index in [4.69, 9.17) is 4.74 Å². The molecule has 0 bridgehead atoms. The molecule has 6 nitrogen and oxygen atoms in total. The third-order valence-electron chi connectivity index (χ3n) is 2.78. The first-order valence-corrected chi connectivity index (χ1v) is 6.77. The zero-order valence-corrected chi connectivity index (χ0v) is 12.3. The molecule has 2 rings (SSSR count). The smallest absolute Gasteiger partial charge is 0.323 e. The van der Waals surface area contributed by atoms with E-state index in [9.17, 15) is 4.39 Å². The summed E-state index contributed by atoms with van der Waals surface area (Å²) in [4.78, 5) is 14.5. The molecule has 0 atom stereocenters. The zero-order valence-electron chi connectivity index (χ0n) is 12.3. The van der Waals surface area contributed by atoms with Crippen LogP contribution in [-0.4, -0.2) is 35.2 Å². The summed E-state index contributed by atoms with van der Waals surface area (Å²) in [6.45, 7) is 4.83. The van der Waals surface area contributed by atoms with E-state index in [1.165, 1.54) is 12.1 Å². The Kier molecular flexibility index (Phi) is 4.86. The first-order valence-electron chi connectivity index (χ1n) is 6.77. The van der Waals surface area contributed by atoms with E-state index in [1.54, 1.807) is 24.1 Å². The molecule has 2 aromatic rings. The van der Waals surface area contributed by atoms with Gasteiger partial charge in [-0.25, -0.2) is 4.39 Å². The van der Waals surface area contributed by atoms with Crippen molar-refractivity contribution in [3.05, 3.63) is 30.1 Å².